The first kappa shape index (κ1) is 17.2. The van der Waals surface area contributed by atoms with Gasteiger partial charge in [0.15, 0.2) is 0 Å². The van der Waals surface area contributed by atoms with E-state index in [1.807, 2.05) is 6.07 Å². The molecule has 0 bridgehead atoms. The van der Waals surface area contributed by atoms with Gasteiger partial charge < -0.3 is 4.74 Å². The Kier molecular flexibility index (Phi) is 6.41. The highest BCUT2D eigenvalue weighted by Gasteiger charge is 2.17. The van der Waals surface area contributed by atoms with Crippen molar-refractivity contribution in [2.45, 2.75) is 0 Å². The first-order chi connectivity index (χ1) is 11.9. The van der Waals surface area contributed by atoms with E-state index in [2.05, 4.69) is 78.9 Å². The highest BCUT2D eigenvalue weighted by atomic mass is 31.1. The quantitative estimate of drug-likeness (QED) is 0.581. The fourth-order valence-electron chi connectivity index (χ4n) is 2.72. The number of ether oxygens (including phenoxy) is 1. The van der Waals surface area contributed by atoms with Crippen molar-refractivity contribution in [1.82, 2.24) is 0 Å². The molecule has 3 rings (SSSR count). The van der Waals surface area contributed by atoms with Crippen LogP contribution in [0, 0.1) is 0 Å². The zero-order valence-corrected chi connectivity index (χ0v) is 15.7. The van der Waals surface area contributed by atoms with Gasteiger partial charge in [0.2, 0.25) is 0 Å². The molecule has 3 aromatic carbocycles. The van der Waals surface area contributed by atoms with E-state index in [4.69, 9.17) is 4.74 Å². The molecule has 1 nitrogen and oxygen atoms in total. The highest BCUT2D eigenvalue weighted by molar-refractivity contribution is 7.73. The molecule has 0 aromatic heterocycles. The third-order valence-electron chi connectivity index (χ3n) is 3.88. The average molecular weight is 352 g/mol. The molecule has 0 amide bonds. The largest absolute Gasteiger partial charge is 0.496 e. The monoisotopic (exact) mass is 352 g/mol. The Balaban J connectivity index is 1.80. The summed E-state index contributed by atoms with van der Waals surface area (Å²) < 4.78 is 5.63. The van der Waals surface area contributed by atoms with E-state index < -0.39 is 7.92 Å². The predicted octanol–water partition coefficient (Wildman–Crippen LogP) is 4.13. The Labute approximate surface area is 147 Å². The van der Waals surface area contributed by atoms with Crippen molar-refractivity contribution in [1.29, 1.82) is 0 Å². The summed E-state index contributed by atoms with van der Waals surface area (Å²) in [6, 6.07) is 30.1. The van der Waals surface area contributed by atoms with Crippen molar-refractivity contribution in [3.05, 3.63) is 84.9 Å². The molecule has 3 aromatic rings. The normalized spacial score (nSPS) is 12.4. The van der Waals surface area contributed by atoms with Crippen molar-refractivity contribution in [3.63, 3.8) is 0 Å². The van der Waals surface area contributed by atoms with Gasteiger partial charge in [-0.05, 0) is 36.9 Å². The van der Waals surface area contributed by atoms with Crippen LogP contribution in [0.5, 0.6) is 5.75 Å². The lowest BCUT2D eigenvalue weighted by molar-refractivity contribution is 0.418. The Morgan fingerprint density at radius 3 is 2.12 bits per heavy atom. The zero-order chi connectivity index (χ0) is 16.6. The summed E-state index contributed by atoms with van der Waals surface area (Å²) >= 11 is 0. The van der Waals surface area contributed by atoms with Gasteiger partial charge in [0.25, 0.3) is 0 Å². The molecule has 0 saturated heterocycles. The molecule has 3 heteroatoms. The number of hydrogen-bond donors (Lipinski definition) is 0. The molecular weight excluding hydrogens is 330 g/mol. The maximum absolute atomic E-state index is 5.63. The van der Waals surface area contributed by atoms with Crippen molar-refractivity contribution in [2.24, 2.45) is 0 Å². The molecule has 1 unspecified atom stereocenters. The van der Waals surface area contributed by atoms with Crippen LogP contribution in [0.4, 0.5) is 0 Å². The van der Waals surface area contributed by atoms with E-state index in [1.165, 1.54) is 28.2 Å². The second-order valence-corrected chi connectivity index (χ2v) is 9.18. The van der Waals surface area contributed by atoms with E-state index >= 15 is 0 Å². The van der Waals surface area contributed by atoms with E-state index in [0.29, 0.717) is 0 Å². The van der Waals surface area contributed by atoms with Crippen LogP contribution < -0.4 is 20.7 Å². The minimum Gasteiger partial charge on any atom is -0.496 e. The minimum absolute atomic E-state index is 0.392. The van der Waals surface area contributed by atoms with Crippen molar-refractivity contribution in [2.75, 3.05) is 19.4 Å². The molecule has 0 fully saturated rings. The molecule has 122 valence electrons. The second kappa shape index (κ2) is 8.97. The standard InChI is InChI=1S/C21H22OP2/c1-22-20-14-8-9-15-21(20)24(19-12-6-3-7-13-19)17-16-23-18-10-4-2-5-11-18/h2-15,23H,16-17H2,1H3/t24-/m1/s1. The van der Waals surface area contributed by atoms with Gasteiger partial charge in [0, 0.05) is 5.30 Å². The number of para-hydroxylation sites is 1. The first-order valence-electron chi connectivity index (χ1n) is 8.13. The average Bonchev–Trinajstić information content (AvgIpc) is 2.67. The summed E-state index contributed by atoms with van der Waals surface area (Å²) in [5.41, 5.74) is 0. The molecule has 0 heterocycles. The third-order valence-corrected chi connectivity index (χ3v) is 8.09. The SMILES string of the molecule is COc1ccccc1[P@](CCPc1ccccc1)c1ccccc1. The van der Waals surface area contributed by atoms with E-state index in [0.717, 1.165) is 14.3 Å². The second-order valence-electron chi connectivity index (χ2n) is 5.45. The van der Waals surface area contributed by atoms with Gasteiger partial charge >= 0.3 is 0 Å². The van der Waals surface area contributed by atoms with E-state index in [1.54, 1.807) is 7.11 Å². The van der Waals surface area contributed by atoms with Crippen molar-refractivity contribution in [3.8, 4) is 5.75 Å². The van der Waals surface area contributed by atoms with Gasteiger partial charge in [-0.2, -0.15) is 0 Å². The summed E-state index contributed by atoms with van der Waals surface area (Å²) in [6.45, 7) is 0. The Bertz CT molecular complexity index is 744. The lowest BCUT2D eigenvalue weighted by Gasteiger charge is -2.21. The molecule has 24 heavy (non-hydrogen) atoms. The van der Waals surface area contributed by atoms with Crippen LogP contribution in [0.15, 0.2) is 84.9 Å². The fraction of sp³-hybridized carbons (Fsp3) is 0.143. The maximum Gasteiger partial charge on any atom is 0.126 e. The summed E-state index contributed by atoms with van der Waals surface area (Å²) in [5, 5.41) is 4.22. The highest BCUT2D eigenvalue weighted by Crippen LogP contribution is 2.38. The number of rotatable bonds is 7. The van der Waals surface area contributed by atoms with Crippen LogP contribution in [0.2, 0.25) is 0 Å². The molecule has 0 spiro atoms. The molecule has 0 N–H and O–H groups in total. The lowest BCUT2D eigenvalue weighted by atomic mass is 10.3. The van der Waals surface area contributed by atoms with Gasteiger partial charge in [0.05, 0.1) is 7.11 Å². The Morgan fingerprint density at radius 1 is 0.792 bits per heavy atom. The van der Waals surface area contributed by atoms with E-state index in [9.17, 15) is 0 Å². The van der Waals surface area contributed by atoms with Crippen LogP contribution in [0.1, 0.15) is 0 Å². The first-order valence-corrected chi connectivity index (χ1v) is 10.9. The van der Waals surface area contributed by atoms with Crippen LogP contribution in [-0.4, -0.2) is 19.4 Å². The topological polar surface area (TPSA) is 9.23 Å². The molecule has 0 radical (unpaired) electrons. The van der Waals surface area contributed by atoms with Gasteiger partial charge in [-0.3, -0.25) is 0 Å². The molecule has 0 saturated carbocycles. The fourth-order valence-corrected chi connectivity index (χ4v) is 6.78. The maximum atomic E-state index is 5.63. The summed E-state index contributed by atoms with van der Waals surface area (Å²) in [6.07, 6.45) is 2.40. The van der Waals surface area contributed by atoms with Crippen LogP contribution in [-0.2, 0) is 0 Å². The van der Waals surface area contributed by atoms with Crippen LogP contribution in [0.3, 0.4) is 0 Å². The van der Waals surface area contributed by atoms with Crippen molar-refractivity contribution >= 4 is 32.4 Å². The molecular formula is C21H22OP2. The van der Waals surface area contributed by atoms with Crippen LogP contribution in [0.25, 0.3) is 0 Å². The summed E-state index contributed by atoms with van der Waals surface area (Å²) in [7, 11) is 2.23. The number of methoxy groups -OCH3 is 1. The molecule has 0 aliphatic heterocycles. The van der Waals surface area contributed by atoms with E-state index in [-0.39, 0.29) is 0 Å². The number of benzene rings is 3. The molecule has 2 atom stereocenters. The van der Waals surface area contributed by atoms with Gasteiger partial charge in [-0.15, -0.1) is 0 Å². The number of hydrogen-bond acceptors (Lipinski definition) is 1. The van der Waals surface area contributed by atoms with Gasteiger partial charge in [-0.25, -0.2) is 0 Å². The smallest absolute Gasteiger partial charge is 0.126 e. The summed E-state index contributed by atoms with van der Waals surface area (Å²) in [4.78, 5) is 0. The van der Waals surface area contributed by atoms with Crippen LogP contribution >= 0.6 is 16.5 Å². The zero-order valence-electron chi connectivity index (χ0n) is 13.9. The Morgan fingerprint density at radius 2 is 1.42 bits per heavy atom. The van der Waals surface area contributed by atoms with Gasteiger partial charge in [0.1, 0.15) is 5.75 Å². The van der Waals surface area contributed by atoms with Gasteiger partial charge in [-0.1, -0.05) is 87.4 Å². The third kappa shape index (κ3) is 4.44. The lowest BCUT2D eigenvalue weighted by Crippen LogP contribution is -2.17. The summed E-state index contributed by atoms with van der Waals surface area (Å²) in [5.74, 6) is 1.01. The van der Waals surface area contributed by atoms with Crippen molar-refractivity contribution < 1.29 is 4.74 Å². The predicted molar refractivity (Wildman–Crippen MR) is 110 cm³/mol. The minimum atomic E-state index is -0.392. The molecule has 0 aliphatic carbocycles. The Hall–Kier alpha value is -1.68. The molecule has 0 aliphatic rings.